The van der Waals surface area contributed by atoms with Crippen LogP contribution < -0.4 is 5.73 Å². The molecule has 26 heavy (non-hydrogen) atoms. The van der Waals surface area contributed by atoms with Crippen LogP contribution in [0.5, 0.6) is 0 Å². The van der Waals surface area contributed by atoms with E-state index in [9.17, 15) is 4.79 Å². The number of methoxy groups -OCH3 is 1. The standard InChI is InChI=1S/C19H16N4O2S/c1-23-10-13(9-22-23)11-3-5-12(6-4-11)14-7-8-21-18-15(14)16(20)17(26-18)19(24)25-2/h3-10H,20H2,1-2H3. The van der Waals surface area contributed by atoms with E-state index in [1.54, 1.807) is 10.9 Å². The summed E-state index contributed by atoms with van der Waals surface area (Å²) in [5, 5.41) is 4.99. The molecule has 3 heterocycles. The van der Waals surface area contributed by atoms with Gasteiger partial charge in [0.1, 0.15) is 9.71 Å². The molecule has 0 saturated heterocycles. The number of hydrogen-bond acceptors (Lipinski definition) is 6. The van der Waals surface area contributed by atoms with Crippen LogP contribution in [0.15, 0.2) is 48.9 Å². The summed E-state index contributed by atoms with van der Waals surface area (Å²) in [6, 6.07) is 10.1. The number of nitrogens with two attached hydrogens (primary N) is 1. The molecule has 6 nitrogen and oxygen atoms in total. The number of pyridine rings is 1. The zero-order valence-electron chi connectivity index (χ0n) is 14.3. The van der Waals surface area contributed by atoms with Crippen LogP contribution in [0.2, 0.25) is 0 Å². The molecule has 0 aliphatic carbocycles. The third kappa shape index (κ3) is 2.62. The second-order valence-corrected chi connectivity index (χ2v) is 6.85. The van der Waals surface area contributed by atoms with Crippen LogP contribution in [-0.4, -0.2) is 27.8 Å². The smallest absolute Gasteiger partial charge is 0.350 e. The first-order valence-corrected chi connectivity index (χ1v) is 8.75. The number of esters is 1. The second kappa shape index (κ2) is 6.27. The molecule has 0 fully saturated rings. The van der Waals surface area contributed by atoms with Gasteiger partial charge in [0.2, 0.25) is 0 Å². The molecule has 7 heteroatoms. The van der Waals surface area contributed by atoms with Gasteiger partial charge in [-0.3, -0.25) is 4.68 Å². The Morgan fingerprint density at radius 2 is 1.88 bits per heavy atom. The lowest BCUT2D eigenvalue weighted by Crippen LogP contribution is -2.01. The van der Waals surface area contributed by atoms with Crippen molar-refractivity contribution >= 4 is 33.2 Å². The summed E-state index contributed by atoms with van der Waals surface area (Å²) in [7, 11) is 3.24. The largest absolute Gasteiger partial charge is 0.465 e. The topological polar surface area (TPSA) is 83.0 Å². The van der Waals surface area contributed by atoms with E-state index < -0.39 is 5.97 Å². The van der Waals surface area contributed by atoms with Crippen LogP contribution in [0.4, 0.5) is 5.69 Å². The average molecular weight is 364 g/mol. The monoisotopic (exact) mass is 364 g/mol. The molecule has 0 unspecified atom stereocenters. The normalized spacial score (nSPS) is 11.0. The summed E-state index contributed by atoms with van der Waals surface area (Å²) in [5.74, 6) is -0.441. The van der Waals surface area contributed by atoms with E-state index >= 15 is 0 Å². The van der Waals surface area contributed by atoms with Gasteiger partial charge in [0, 0.05) is 30.4 Å². The molecule has 0 atom stereocenters. The van der Waals surface area contributed by atoms with Gasteiger partial charge < -0.3 is 10.5 Å². The lowest BCUT2D eigenvalue weighted by molar-refractivity contribution is 0.0607. The van der Waals surface area contributed by atoms with Gasteiger partial charge in [-0.15, -0.1) is 11.3 Å². The number of rotatable bonds is 3. The summed E-state index contributed by atoms with van der Waals surface area (Å²) >= 11 is 1.25. The Bertz CT molecular complexity index is 1110. The molecule has 0 aliphatic heterocycles. The summed E-state index contributed by atoms with van der Waals surface area (Å²) in [5.41, 5.74) is 10.7. The molecule has 4 rings (SSSR count). The van der Waals surface area contributed by atoms with Crippen LogP contribution in [0.1, 0.15) is 9.67 Å². The molecule has 4 aromatic rings. The third-order valence-corrected chi connectivity index (χ3v) is 5.33. The van der Waals surface area contributed by atoms with Crippen molar-refractivity contribution in [3.05, 3.63) is 53.8 Å². The van der Waals surface area contributed by atoms with Crippen molar-refractivity contribution in [2.45, 2.75) is 0 Å². The Morgan fingerprint density at radius 1 is 1.15 bits per heavy atom. The van der Waals surface area contributed by atoms with Gasteiger partial charge in [-0.1, -0.05) is 24.3 Å². The van der Waals surface area contributed by atoms with Crippen molar-refractivity contribution in [1.82, 2.24) is 14.8 Å². The summed E-state index contributed by atoms with van der Waals surface area (Å²) in [6.07, 6.45) is 5.53. The van der Waals surface area contributed by atoms with Gasteiger partial charge in [0.15, 0.2) is 0 Å². The van der Waals surface area contributed by atoms with E-state index in [1.807, 2.05) is 49.8 Å². The van der Waals surface area contributed by atoms with Crippen molar-refractivity contribution in [2.75, 3.05) is 12.8 Å². The van der Waals surface area contributed by atoms with E-state index in [0.29, 0.717) is 10.6 Å². The van der Waals surface area contributed by atoms with Crippen LogP contribution in [0.25, 0.3) is 32.5 Å². The van der Waals surface area contributed by atoms with E-state index in [0.717, 1.165) is 32.5 Å². The number of nitrogens with zero attached hydrogens (tertiary/aromatic N) is 3. The lowest BCUT2D eigenvalue weighted by atomic mass is 10.00. The van der Waals surface area contributed by atoms with Crippen LogP contribution in [0.3, 0.4) is 0 Å². The van der Waals surface area contributed by atoms with Crippen LogP contribution in [0, 0.1) is 0 Å². The highest BCUT2D eigenvalue weighted by Gasteiger charge is 2.20. The second-order valence-electron chi connectivity index (χ2n) is 5.86. The molecule has 0 saturated carbocycles. The fraction of sp³-hybridized carbons (Fsp3) is 0.105. The predicted octanol–water partition coefficient (Wildman–Crippen LogP) is 3.73. The molecule has 1 aromatic carbocycles. The van der Waals surface area contributed by atoms with Gasteiger partial charge >= 0.3 is 5.97 Å². The number of hydrogen-bond donors (Lipinski definition) is 1. The minimum Gasteiger partial charge on any atom is -0.465 e. The Hall–Kier alpha value is -3.19. The minimum absolute atomic E-state index is 0.384. The SMILES string of the molecule is COC(=O)c1sc2nccc(-c3ccc(-c4cnn(C)c4)cc3)c2c1N. The van der Waals surface area contributed by atoms with Crippen molar-refractivity contribution < 1.29 is 9.53 Å². The predicted molar refractivity (Wildman–Crippen MR) is 103 cm³/mol. The number of aromatic nitrogens is 3. The number of nitrogen functional groups attached to an aromatic ring is 1. The highest BCUT2D eigenvalue weighted by molar-refractivity contribution is 7.21. The average Bonchev–Trinajstić information content (AvgIpc) is 3.25. The molecule has 130 valence electrons. The van der Waals surface area contributed by atoms with E-state index in [4.69, 9.17) is 10.5 Å². The number of thiophene rings is 1. The van der Waals surface area contributed by atoms with Crippen LogP contribution >= 0.6 is 11.3 Å². The van der Waals surface area contributed by atoms with E-state index in [1.165, 1.54) is 18.4 Å². The fourth-order valence-corrected chi connectivity index (χ4v) is 3.95. The molecule has 0 spiro atoms. The summed E-state index contributed by atoms with van der Waals surface area (Å²) in [6.45, 7) is 0. The highest BCUT2D eigenvalue weighted by atomic mass is 32.1. The molecule has 0 radical (unpaired) electrons. The number of anilines is 1. The first kappa shape index (κ1) is 16.3. The number of ether oxygens (including phenoxy) is 1. The Morgan fingerprint density at radius 3 is 2.54 bits per heavy atom. The third-order valence-electron chi connectivity index (χ3n) is 4.23. The van der Waals surface area contributed by atoms with Crippen LogP contribution in [-0.2, 0) is 11.8 Å². The molecule has 2 N–H and O–H groups in total. The van der Waals surface area contributed by atoms with Crippen molar-refractivity contribution in [3.63, 3.8) is 0 Å². The molecular formula is C19H16N4O2S. The maximum absolute atomic E-state index is 11.9. The fourth-order valence-electron chi connectivity index (χ4n) is 2.94. The maximum atomic E-state index is 11.9. The summed E-state index contributed by atoms with van der Waals surface area (Å²) < 4.78 is 6.59. The van der Waals surface area contributed by atoms with Gasteiger partial charge in [-0.2, -0.15) is 5.10 Å². The lowest BCUT2D eigenvalue weighted by Gasteiger charge is -2.06. The Kier molecular flexibility index (Phi) is 3.93. The molecule has 3 aromatic heterocycles. The number of carbonyl (C=O) groups is 1. The van der Waals surface area contributed by atoms with Crippen molar-refractivity contribution in [1.29, 1.82) is 0 Å². The van der Waals surface area contributed by atoms with Gasteiger partial charge in [0.05, 0.1) is 19.0 Å². The van der Waals surface area contributed by atoms with Crippen molar-refractivity contribution in [2.24, 2.45) is 7.05 Å². The summed E-state index contributed by atoms with van der Waals surface area (Å²) in [4.78, 5) is 17.4. The minimum atomic E-state index is -0.441. The Balaban J connectivity index is 1.81. The van der Waals surface area contributed by atoms with E-state index in [-0.39, 0.29) is 0 Å². The first-order chi connectivity index (χ1) is 12.6. The number of aryl methyl sites for hydroxylation is 1. The molecule has 0 bridgehead atoms. The van der Waals surface area contributed by atoms with Gasteiger partial charge in [0.25, 0.3) is 0 Å². The number of benzene rings is 1. The molecular weight excluding hydrogens is 348 g/mol. The number of fused-ring (bicyclic) bond motifs is 1. The zero-order valence-corrected chi connectivity index (χ0v) is 15.1. The quantitative estimate of drug-likeness (QED) is 0.560. The van der Waals surface area contributed by atoms with E-state index in [2.05, 4.69) is 10.1 Å². The number of carbonyl (C=O) groups excluding carboxylic acids is 1. The maximum Gasteiger partial charge on any atom is 0.350 e. The van der Waals surface area contributed by atoms with Gasteiger partial charge in [-0.05, 0) is 22.8 Å². The van der Waals surface area contributed by atoms with Gasteiger partial charge in [-0.25, -0.2) is 9.78 Å². The van der Waals surface area contributed by atoms with Crippen molar-refractivity contribution in [3.8, 4) is 22.3 Å². The highest BCUT2D eigenvalue weighted by Crippen LogP contribution is 2.39. The molecule has 0 aliphatic rings. The zero-order chi connectivity index (χ0) is 18.3. The Labute approximate surface area is 153 Å². The first-order valence-electron chi connectivity index (χ1n) is 7.93. The molecule has 0 amide bonds.